The minimum absolute atomic E-state index is 0. The molecule has 2 N–H and O–H groups in total. The fourth-order valence-corrected chi connectivity index (χ4v) is 0. The summed E-state index contributed by atoms with van der Waals surface area (Å²) in [7, 11) is 0. The van der Waals surface area contributed by atoms with Crippen molar-refractivity contribution in [2.24, 2.45) is 0 Å². The van der Waals surface area contributed by atoms with Crippen LogP contribution in [0.3, 0.4) is 0 Å². The maximum atomic E-state index is 9.45. The molecule has 1 radical (unpaired) electrons. The van der Waals surface area contributed by atoms with Gasteiger partial charge in [0, 0.05) is 29.6 Å². The van der Waals surface area contributed by atoms with Gasteiger partial charge < -0.3 is 10.2 Å². The van der Waals surface area contributed by atoms with Gasteiger partial charge in [0.1, 0.15) is 6.10 Å². The maximum absolute atomic E-state index is 9.45. The molecule has 0 aromatic carbocycles. The van der Waals surface area contributed by atoms with Crippen molar-refractivity contribution in [3.05, 3.63) is 0 Å². The molecule has 0 aliphatic carbocycles. The van der Waals surface area contributed by atoms with E-state index in [0.717, 1.165) is 0 Å². The Kier molecular flexibility index (Phi) is 6.82. The molecule has 0 spiro atoms. The van der Waals surface area contributed by atoms with Crippen LogP contribution in [0.2, 0.25) is 0 Å². The third-order valence-electron chi connectivity index (χ3n) is 0.357. The van der Waals surface area contributed by atoms with Crippen molar-refractivity contribution in [1.29, 1.82) is 0 Å². The van der Waals surface area contributed by atoms with Gasteiger partial charge in [0.2, 0.25) is 0 Å². The molecule has 0 aromatic rings. The standard InChI is InChI=1S/C3H6O3.Na/c1-2(4)3(5)6;/h2,4H,1H3,(H,5,6);. The molecule has 0 saturated heterocycles. The number of carbonyl (C=O) groups is 1. The van der Waals surface area contributed by atoms with Gasteiger partial charge in [0.05, 0.1) is 0 Å². The molecule has 0 bridgehead atoms. The van der Waals surface area contributed by atoms with E-state index >= 15 is 0 Å². The number of hydrogen-bond donors (Lipinski definition) is 2. The van der Waals surface area contributed by atoms with Crippen LogP contribution in [0.4, 0.5) is 0 Å². The van der Waals surface area contributed by atoms with E-state index < -0.39 is 12.1 Å². The Balaban J connectivity index is 0. The number of aliphatic carboxylic acids is 1. The van der Waals surface area contributed by atoms with E-state index in [2.05, 4.69) is 0 Å². The van der Waals surface area contributed by atoms with Gasteiger partial charge in [-0.05, 0) is 6.92 Å². The quantitative estimate of drug-likeness (QED) is 0.432. The van der Waals surface area contributed by atoms with Gasteiger partial charge in [-0.2, -0.15) is 0 Å². The summed E-state index contributed by atoms with van der Waals surface area (Å²) in [5.74, 6) is -1.19. The molecule has 4 heteroatoms. The van der Waals surface area contributed by atoms with Crippen LogP contribution >= 0.6 is 0 Å². The van der Waals surface area contributed by atoms with Crippen molar-refractivity contribution >= 4 is 35.5 Å². The number of carboxylic acid groups (broad SMARTS) is 1. The third-order valence-corrected chi connectivity index (χ3v) is 0.357. The second-order valence-corrected chi connectivity index (χ2v) is 1.01. The Labute approximate surface area is 63.6 Å². The molecule has 1 unspecified atom stereocenters. The first-order chi connectivity index (χ1) is 2.64. The molecular weight excluding hydrogens is 107 g/mol. The van der Waals surface area contributed by atoms with Crippen LogP contribution in [-0.4, -0.2) is 51.8 Å². The zero-order valence-electron chi connectivity index (χ0n) is 4.38. The smallest absolute Gasteiger partial charge is 0.332 e. The molecule has 0 saturated carbocycles. The van der Waals surface area contributed by atoms with Gasteiger partial charge in [0.25, 0.3) is 0 Å². The first-order valence-electron chi connectivity index (χ1n) is 1.55. The van der Waals surface area contributed by atoms with Gasteiger partial charge in [-0.15, -0.1) is 0 Å². The molecule has 7 heavy (non-hydrogen) atoms. The van der Waals surface area contributed by atoms with Crippen molar-refractivity contribution in [2.45, 2.75) is 13.0 Å². The van der Waals surface area contributed by atoms with Gasteiger partial charge in [-0.3, -0.25) is 0 Å². The summed E-state index contributed by atoms with van der Waals surface area (Å²) >= 11 is 0. The molecule has 1 atom stereocenters. The summed E-state index contributed by atoms with van der Waals surface area (Å²) in [6.07, 6.45) is -1.23. The van der Waals surface area contributed by atoms with E-state index in [1.165, 1.54) is 6.92 Å². The van der Waals surface area contributed by atoms with Crippen LogP contribution in [0.25, 0.3) is 0 Å². The fourth-order valence-electron chi connectivity index (χ4n) is 0. The molecule has 0 amide bonds. The fraction of sp³-hybridized carbons (Fsp3) is 0.667. The average Bonchev–Trinajstić information content (AvgIpc) is 1.36. The molecule has 0 fully saturated rings. The summed E-state index contributed by atoms with van der Waals surface area (Å²) < 4.78 is 0. The Hall–Kier alpha value is 0.430. The number of aliphatic hydroxyl groups is 1. The third kappa shape index (κ3) is 6.43. The van der Waals surface area contributed by atoms with Gasteiger partial charge >= 0.3 is 5.97 Å². The van der Waals surface area contributed by atoms with Crippen LogP contribution in [0.15, 0.2) is 0 Å². The van der Waals surface area contributed by atoms with Crippen molar-refractivity contribution < 1.29 is 15.0 Å². The molecule has 0 rings (SSSR count). The maximum Gasteiger partial charge on any atom is 0.332 e. The van der Waals surface area contributed by atoms with Gasteiger partial charge in [-0.1, -0.05) is 0 Å². The Morgan fingerprint density at radius 3 is 1.86 bits per heavy atom. The molecule has 0 aliphatic rings. The molecule has 0 heterocycles. The van der Waals surface area contributed by atoms with Crippen molar-refractivity contribution in [1.82, 2.24) is 0 Å². The van der Waals surface area contributed by atoms with E-state index in [9.17, 15) is 4.79 Å². The van der Waals surface area contributed by atoms with Crippen LogP contribution < -0.4 is 0 Å². The normalized spacial score (nSPS) is 11.7. The van der Waals surface area contributed by atoms with E-state index in [1.807, 2.05) is 0 Å². The monoisotopic (exact) mass is 113 g/mol. The first kappa shape index (κ1) is 10.4. The van der Waals surface area contributed by atoms with Gasteiger partial charge in [-0.25, -0.2) is 4.79 Å². The van der Waals surface area contributed by atoms with Crippen LogP contribution in [-0.2, 0) is 4.79 Å². The second kappa shape index (κ2) is 4.59. The number of carboxylic acids is 1. The molecule has 37 valence electrons. The summed E-state index contributed by atoms with van der Waals surface area (Å²) in [6, 6.07) is 0. The first-order valence-corrected chi connectivity index (χ1v) is 1.55. The predicted molar refractivity (Wildman–Crippen MR) is 25.1 cm³/mol. The Morgan fingerprint density at radius 2 is 1.86 bits per heavy atom. The summed E-state index contributed by atoms with van der Waals surface area (Å²) in [5.41, 5.74) is 0. The minimum Gasteiger partial charge on any atom is -0.479 e. The van der Waals surface area contributed by atoms with Crippen LogP contribution in [0.1, 0.15) is 6.92 Å². The molecule has 0 aromatic heterocycles. The van der Waals surface area contributed by atoms with Crippen molar-refractivity contribution in [3.8, 4) is 0 Å². The average molecular weight is 113 g/mol. The number of hydrogen-bond acceptors (Lipinski definition) is 2. The Morgan fingerprint density at radius 1 is 1.71 bits per heavy atom. The van der Waals surface area contributed by atoms with E-state index in [-0.39, 0.29) is 29.6 Å². The van der Waals surface area contributed by atoms with Crippen molar-refractivity contribution in [3.63, 3.8) is 0 Å². The second-order valence-electron chi connectivity index (χ2n) is 1.01. The molecule has 3 nitrogen and oxygen atoms in total. The largest absolute Gasteiger partial charge is 0.479 e. The van der Waals surface area contributed by atoms with Crippen LogP contribution in [0, 0.1) is 0 Å². The SMILES string of the molecule is CC(O)C(=O)O.[Na]. The van der Waals surface area contributed by atoms with Gasteiger partial charge in [0.15, 0.2) is 0 Å². The Bertz CT molecular complexity index is 61.2. The van der Waals surface area contributed by atoms with Crippen molar-refractivity contribution in [2.75, 3.05) is 0 Å². The zero-order valence-corrected chi connectivity index (χ0v) is 6.38. The minimum atomic E-state index is -1.23. The van der Waals surface area contributed by atoms with Crippen LogP contribution in [0.5, 0.6) is 0 Å². The summed E-state index contributed by atoms with van der Waals surface area (Å²) in [6.45, 7) is 1.20. The van der Waals surface area contributed by atoms with E-state index in [0.29, 0.717) is 0 Å². The summed E-state index contributed by atoms with van der Waals surface area (Å²) in [4.78, 5) is 9.45. The molecule has 0 aliphatic heterocycles. The topological polar surface area (TPSA) is 57.5 Å². The van der Waals surface area contributed by atoms with E-state index in [1.54, 1.807) is 0 Å². The number of aliphatic hydroxyl groups excluding tert-OH is 1. The zero-order chi connectivity index (χ0) is 5.15. The summed E-state index contributed by atoms with van der Waals surface area (Å²) in [5, 5.41) is 15.8. The predicted octanol–water partition coefficient (Wildman–Crippen LogP) is -0.929. The van der Waals surface area contributed by atoms with E-state index in [4.69, 9.17) is 10.2 Å². The number of rotatable bonds is 1. The molecular formula is C3H6NaO3.